The van der Waals surface area contributed by atoms with Crippen LogP contribution < -0.4 is 5.32 Å². The van der Waals surface area contributed by atoms with Crippen molar-refractivity contribution in [3.05, 3.63) is 64.0 Å². The first-order valence-corrected chi connectivity index (χ1v) is 7.59. The number of carbonyl (C=O) groups excluding carboxylic acids is 1. The van der Waals surface area contributed by atoms with Crippen LogP contribution in [0.4, 0.5) is 13.2 Å². The Kier molecular flexibility index (Phi) is 4.04. The molecule has 0 atom stereocenters. The van der Waals surface area contributed by atoms with Gasteiger partial charge in [0.25, 0.3) is 5.91 Å². The molecule has 3 aromatic rings. The van der Waals surface area contributed by atoms with Gasteiger partial charge in [-0.2, -0.15) is 13.2 Å². The Balaban J connectivity index is 1.81. The largest absolute Gasteiger partial charge is 0.416 e. The van der Waals surface area contributed by atoms with Crippen LogP contribution in [0.25, 0.3) is 10.9 Å². The lowest BCUT2D eigenvalue weighted by atomic mass is 10.1. The van der Waals surface area contributed by atoms with Gasteiger partial charge in [0.05, 0.1) is 23.2 Å². The van der Waals surface area contributed by atoms with Crippen molar-refractivity contribution in [2.24, 2.45) is 0 Å². The van der Waals surface area contributed by atoms with Crippen molar-refractivity contribution in [2.75, 3.05) is 0 Å². The molecule has 0 unspecified atom stereocenters. The van der Waals surface area contributed by atoms with Gasteiger partial charge in [-0.05, 0) is 29.6 Å². The molecule has 0 aliphatic heterocycles. The minimum atomic E-state index is -4.41. The monoisotopic (exact) mass is 336 g/mol. The number of fused-ring (bicyclic) bond motifs is 1. The second kappa shape index (κ2) is 6.00. The normalized spacial score (nSPS) is 11.6. The summed E-state index contributed by atoms with van der Waals surface area (Å²) < 4.78 is 38.0. The molecule has 0 radical (unpaired) electrons. The molecule has 2 aromatic heterocycles. The van der Waals surface area contributed by atoms with Crippen molar-refractivity contribution in [1.82, 2.24) is 10.3 Å². The molecule has 2 heterocycles. The summed E-state index contributed by atoms with van der Waals surface area (Å²) in [7, 11) is 0. The molecule has 0 bridgehead atoms. The Morgan fingerprint density at radius 3 is 2.74 bits per heavy atom. The van der Waals surface area contributed by atoms with E-state index in [9.17, 15) is 18.0 Å². The number of pyridine rings is 1. The van der Waals surface area contributed by atoms with Crippen LogP contribution in [-0.2, 0) is 12.7 Å². The van der Waals surface area contributed by atoms with Gasteiger partial charge in [-0.25, -0.2) is 0 Å². The first-order chi connectivity index (χ1) is 10.9. The highest BCUT2D eigenvalue weighted by molar-refractivity contribution is 7.09. The smallest absolute Gasteiger partial charge is 0.347 e. The first-order valence-electron chi connectivity index (χ1n) is 6.71. The van der Waals surface area contributed by atoms with Crippen molar-refractivity contribution < 1.29 is 18.0 Å². The van der Waals surface area contributed by atoms with Gasteiger partial charge in [-0.3, -0.25) is 9.78 Å². The highest BCUT2D eigenvalue weighted by atomic mass is 32.1. The van der Waals surface area contributed by atoms with E-state index >= 15 is 0 Å². The molecule has 0 saturated heterocycles. The quantitative estimate of drug-likeness (QED) is 0.777. The average Bonchev–Trinajstić information content (AvgIpc) is 3.04. The van der Waals surface area contributed by atoms with Crippen molar-refractivity contribution in [2.45, 2.75) is 12.7 Å². The van der Waals surface area contributed by atoms with E-state index in [1.165, 1.54) is 29.7 Å². The third-order valence-corrected chi connectivity index (χ3v) is 4.15. The Morgan fingerprint density at radius 1 is 1.22 bits per heavy atom. The average molecular weight is 336 g/mol. The third-order valence-electron chi connectivity index (χ3n) is 3.28. The zero-order valence-electron chi connectivity index (χ0n) is 11.7. The number of carbonyl (C=O) groups is 1. The van der Waals surface area contributed by atoms with Gasteiger partial charge >= 0.3 is 6.18 Å². The molecule has 0 aliphatic rings. The molecule has 0 saturated carbocycles. The van der Waals surface area contributed by atoms with Gasteiger partial charge < -0.3 is 5.32 Å². The Labute approximate surface area is 133 Å². The highest BCUT2D eigenvalue weighted by Gasteiger charge is 2.30. The zero-order valence-corrected chi connectivity index (χ0v) is 12.5. The number of thiophene rings is 1. The standard InChI is InChI=1S/C16H11F3N2OS/c17-16(18,19)12-4-3-10-6-11(8-20-14(10)7-12)15(22)21-9-13-2-1-5-23-13/h1-8H,9H2,(H,21,22). The van der Waals surface area contributed by atoms with Crippen molar-refractivity contribution in [1.29, 1.82) is 0 Å². The number of alkyl halides is 3. The summed E-state index contributed by atoms with van der Waals surface area (Å²) in [5, 5.41) is 5.15. The van der Waals surface area contributed by atoms with Gasteiger partial charge in [0.15, 0.2) is 0 Å². The van der Waals surface area contributed by atoms with Crippen LogP contribution in [0.1, 0.15) is 20.8 Å². The van der Waals surface area contributed by atoms with Gasteiger partial charge in [0.1, 0.15) is 0 Å². The molecule has 7 heteroatoms. The number of nitrogens with zero attached hydrogens (tertiary/aromatic N) is 1. The van der Waals surface area contributed by atoms with Crippen LogP contribution in [-0.4, -0.2) is 10.9 Å². The minimum Gasteiger partial charge on any atom is -0.347 e. The number of amides is 1. The lowest BCUT2D eigenvalue weighted by molar-refractivity contribution is -0.137. The van der Waals surface area contributed by atoms with Crippen molar-refractivity contribution >= 4 is 28.1 Å². The lowest BCUT2D eigenvalue weighted by Gasteiger charge is -2.08. The SMILES string of the molecule is O=C(NCc1cccs1)c1cnc2cc(C(F)(F)F)ccc2c1. The first kappa shape index (κ1) is 15.5. The molecular weight excluding hydrogens is 325 g/mol. The number of halogens is 3. The Morgan fingerprint density at radius 2 is 2.04 bits per heavy atom. The molecule has 118 valence electrons. The van der Waals surface area contributed by atoms with E-state index in [2.05, 4.69) is 10.3 Å². The fourth-order valence-electron chi connectivity index (χ4n) is 2.10. The van der Waals surface area contributed by atoms with Gasteiger partial charge in [0.2, 0.25) is 0 Å². The topological polar surface area (TPSA) is 42.0 Å². The summed E-state index contributed by atoms with van der Waals surface area (Å²) >= 11 is 1.53. The fourth-order valence-corrected chi connectivity index (χ4v) is 2.75. The number of benzene rings is 1. The van der Waals surface area contributed by atoms with Crippen LogP contribution in [0.5, 0.6) is 0 Å². The van der Waals surface area contributed by atoms with Crippen LogP contribution >= 0.6 is 11.3 Å². The molecular formula is C16H11F3N2OS. The van der Waals surface area contributed by atoms with Crippen molar-refractivity contribution in [3.8, 4) is 0 Å². The maximum atomic E-state index is 12.7. The molecule has 0 spiro atoms. The summed E-state index contributed by atoms with van der Waals surface area (Å²) in [4.78, 5) is 17.1. The second-order valence-corrected chi connectivity index (χ2v) is 5.92. The third kappa shape index (κ3) is 3.50. The van der Waals surface area contributed by atoms with E-state index in [1.54, 1.807) is 0 Å². The fraction of sp³-hybridized carbons (Fsp3) is 0.125. The predicted molar refractivity (Wildman–Crippen MR) is 82.2 cm³/mol. The highest BCUT2D eigenvalue weighted by Crippen LogP contribution is 2.31. The van der Waals surface area contributed by atoms with Gasteiger partial charge in [-0.15, -0.1) is 11.3 Å². The number of aromatic nitrogens is 1. The van der Waals surface area contributed by atoms with E-state index in [1.807, 2.05) is 17.5 Å². The molecule has 3 nitrogen and oxygen atoms in total. The zero-order chi connectivity index (χ0) is 16.4. The summed E-state index contributed by atoms with van der Waals surface area (Å²) in [6.45, 7) is 0.404. The van der Waals surface area contributed by atoms with Gasteiger partial charge in [-0.1, -0.05) is 12.1 Å². The Bertz CT molecular complexity index is 844. The maximum absolute atomic E-state index is 12.7. The van der Waals surface area contributed by atoms with E-state index in [-0.39, 0.29) is 11.4 Å². The summed E-state index contributed by atoms with van der Waals surface area (Å²) in [6, 6.07) is 8.61. The van der Waals surface area contributed by atoms with Crippen LogP contribution in [0.2, 0.25) is 0 Å². The summed E-state index contributed by atoms with van der Waals surface area (Å²) in [5.41, 5.74) is -0.240. The van der Waals surface area contributed by atoms with Crippen LogP contribution in [0, 0.1) is 0 Å². The molecule has 23 heavy (non-hydrogen) atoms. The van der Waals surface area contributed by atoms with Crippen LogP contribution in [0.3, 0.4) is 0 Å². The molecule has 3 rings (SSSR count). The summed E-state index contributed by atoms with van der Waals surface area (Å²) in [5.74, 6) is -0.312. The van der Waals surface area contributed by atoms with Crippen LogP contribution in [0.15, 0.2) is 48.0 Å². The van der Waals surface area contributed by atoms with E-state index in [0.29, 0.717) is 17.5 Å². The second-order valence-electron chi connectivity index (χ2n) is 4.89. The van der Waals surface area contributed by atoms with E-state index < -0.39 is 11.7 Å². The number of nitrogens with one attached hydrogen (secondary N) is 1. The summed E-state index contributed by atoms with van der Waals surface area (Å²) in [6.07, 6.45) is -3.13. The van der Waals surface area contributed by atoms with Gasteiger partial charge in [0, 0.05) is 16.5 Å². The lowest BCUT2D eigenvalue weighted by Crippen LogP contribution is -2.22. The van der Waals surface area contributed by atoms with E-state index in [0.717, 1.165) is 17.0 Å². The molecule has 1 N–H and O–H groups in total. The number of hydrogen-bond acceptors (Lipinski definition) is 3. The van der Waals surface area contributed by atoms with E-state index in [4.69, 9.17) is 0 Å². The molecule has 0 fully saturated rings. The maximum Gasteiger partial charge on any atom is 0.416 e. The molecule has 0 aliphatic carbocycles. The minimum absolute atomic E-state index is 0.203. The molecule has 1 aromatic carbocycles. The number of hydrogen-bond donors (Lipinski definition) is 1. The predicted octanol–water partition coefficient (Wildman–Crippen LogP) is 4.25. The Hall–Kier alpha value is -2.41. The number of rotatable bonds is 3. The van der Waals surface area contributed by atoms with Crippen molar-refractivity contribution in [3.63, 3.8) is 0 Å². The molecule has 1 amide bonds.